The van der Waals surface area contributed by atoms with Gasteiger partial charge in [0.05, 0.1) is 17.7 Å². The van der Waals surface area contributed by atoms with E-state index in [-0.39, 0.29) is 11.6 Å². The van der Waals surface area contributed by atoms with E-state index >= 15 is 0 Å². The van der Waals surface area contributed by atoms with E-state index in [2.05, 4.69) is 21.1 Å². The number of carboxylic acids is 1. The van der Waals surface area contributed by atoms with Crippen molar-refractivity contribution in [3.63, 3.8) is 0 Å². The van der Waals surface area contributed by atoms with Gasteiger partial charge in [0.1, 0.15) is 0 Å². The number of aromatic carboxylic acids is 1. The number of fused-ring (bicyclic) bond motifs is 1. The molecule has 2 aromatic rings. The fourth-order valence-corrected chi connectivity index (χ4v) is 3.11. The number of ether oxygens (including phenoxy) is 2. The maximum absolute atomic E-state index is 11.0. The molecule has 1 aliphatic rings. The van der Waals surface area contributed by atoms with Gasteiger partial charge in [-0.2, -0.15) is 0 Å². The van der Waals surface area contributed by atoms with Gasteiger partial charge in [0.2, 0.25) is 0 Å². The predicted octanol–water partition coefficient (Wildman–Crippen LogP) is 4.09. The van der Waals surface area contributed by atoms with Gasteiger partial charge in [-0.3, -0.25) is 0 Å². The molecule has 23 heavy (non-hydrogen) atoms. The summed E-state index contributed by atoms with van der Waals surface area (Å²) < 4.78 is 17.7. The van der Waals surface area contributed by atoms with Gasteiger partial charge >= 0.3 is 5.97 Å². The van der Waals surface area contributed by atoms with Crippen molar-refractivity contribution in [1.29, 1.82) is 0 Å². The minimum atomic E-state index is -1.13. The summed E-state index contributed by atoms with van der Waals surface area (Å²) in [5, 5.41) is 12.6. The van der Waals surface area contributed by atoms with Crippen LogP contribution in [0.15, 0.2) is 21.1 Å². The summed E-state index contributed by atoms with van der Waals surface area (Å²) in [4.78, 5) is 11.0. The number of halogens is 1. The summed E-state index contributed by atoms with van der Waals surface area (Å²) in [5.41, 5.74) is 1.53. The monoisotopic (exact) mass is 381 g/mol. The lowest BCUT2D eigenvalue weighted by atomic mass is 9.94. The van der Waals surface area contributed by atoms with Crippen LogP contribution in [0, 0.1) is 0 Å². The SMILES string of the molecule is CC(C)c1c(-c2cc(C(=O)O)no2)cc(Br)c2c1OCCCO2. The van der Waals surface area contributed by atoms with Gasteiger partial charge in [-0.05, 0) is 27.9 Å². The molecule has 0 aliphatic carbocycles. The molecule has 122 valence electrons. The fourth-order valence-electron chi connectivity index (χ4n) is 2.59. The third kappa shape index (κ3) is 2.93. The molecule has 2 heterocycles. The standard InChI is InChI=1S/C16H16BrNO5/c1-8(2)13-9(12-7-11(16(19)20)18-23-12)6-10(17)14-15(13)22-5-3-4-21-14/h6-8H,3-5H2,1-2H3,(H,19,20). The molecule has 0 saturated heterocycles. The molecule has 3 rings (SSSR count). The van der Waals surface area contributed by atoms with Gasteiger partial charge in [0.15, 0.2) is 23.0 Å². The minimum absolute atomic E-state index is 0.127. The summed E-state index contributed by atoms with van der Waals surface area (Å²) in [6.45, 7) is 5.23. The molecule has 1 aromatic heterocycles. The highest BCUT2D eigenvalue weighted by Gasteiger charge is 2.26. The highest BCUT2D eigenvalue weighted by atomic mass is 79.9. The predicted molar refractivity (Wildman–Crippen MR) is 86.3 cm³/mol. The van der Waals surface area contributed by atoms with Crippen LogP contribution in [0.5, 0.6) is 11.5 Å². The first-order chi connectivity index (χ1) is 11.0. The molecule has 1 aromatic carbocycles. The van der Waals surface area contributed by atoms with E-state index in [0.717, 1.165) is 22.0 Å². The number of benzene rings is 1. The minimum Gasteiger partial charge on any atom is -0.489 e. The van der Waals surface area contributed by atoms with Crippen molar-refractivity contribution in [3.05, 3.63) is 27.9 Å². The quantitative estimate of drug-likeness (QED) is 0.861. The number of rotatable bonds is 3. The van der Waals surface area contributed by atoms with Crippen LogP contribution in [0.3, 0.4) is 0 Å². The smallest absolute Gasteiger partial charge is 0.358 e. The van der Waals surface area contributed by atoms with E-state index in [1.165, 1.54) is 6.07 Å². The lowest BCUT2D eigenvalue weighted by Gasteiger charge is -2.19. The first-order valence-corrected chi connectivity index (χ1v) is 8.10. The summed E-state index contributed by atoms with van der Waals surface area (Å²) >= 11 is 3.50. The van der Waals surface area contributed by atoms with Crippen molar-refractivity contribution in [2.75, 3.05) is 13.2 Å². The van der Waals surface area contributed by atoms with E-state index in [1.54, 1.807) is 0 Å². The van der Waals surface area contributed by atoms with Crippen LogP contribution in [0.2, 0.25) is 0 Å². The Balaban J connectivity index is 2.21. The van der Waals surface area contributed by atoms with Crippen molar-refractivity contribution < 1.29 is 23.9 Å². The van der Waals surface area contributed by atoms with Crippen molar-refractivity contribution in [3.8, 4) is 22.8 Å². The molecule has 6 nitrogen and oxygen atoms in total. The Morgan fingerprint density at radius 2 is 1.96 bits per heavy atom. The second-order valence-corrected chi connectivity index (χ2v) is 6.42. The van der Waals surface area contributed by atoms with Crippen molar-refractivity contribution in [2.24, 2.45) is 0 Å². The second kappa shape index (κ2) is 6.23. The summed E-state index contributed by atoms with van der Waals surface area (Å²) in [6.07, 6.45) is 0.805. The fraction of sp³-hybridized carbons (Fsp3) is 0.375. The van der Waals surface area contributed by atoms with Crippen LogP contribution < -0.4 is 9.47 Å². The van der Waals surface area contributed by atoms with Crippen molar-refractivity contribution in [1.82, 2.24) is 5.16 Å². The molecule has 0 atom stereocenters. The third-order valence-corrected chi connectivity index (χ3v) is 4.17. The van der Waals surface area contributed by atoms with Crippen LogP contribution >= 0.6 is 15.9 Å². The number of hydrogen-bond donors (Lipinski definition) is 1. The van der Waals surface area contributed by atoms with Gasteiger partial charge in [0.25, 0.3) is 0 Å². The Morgan fingerprint density at radius 3 is 2.57 bits per heavy atom. The highest BCUT2D eigenvalue weighted by Crippen LogP contribution is 2.47. The molecule has 7 heteroatoms. The molecular weight excluding hydrogens is 366 g/mol. The molecule has 0 spiro atoms. The van der Waals surface area contributed by atoms with Crippen LogP contribution in [0.4, 0.5) is 0 Å². The Labute approximate surface area is 141 Å². The van der Waals surface area contributed by atoms with E-state index in [4.69, 9.17) is 19.1 Å². The van der Waals surface area contributed by atoms with Crippen LogP contribution in [0.25, 0.3) is 11.3 Å². The van der Waals surface area contributed by atoms with Crippen LogP contribution in [0.1, 0.15) is 42.2 Å². The maximum atomic E-state index is 11.0. The van der Waals surface area contributed by atoms with Gasteiger partial charge in [-0.1, -0.05) is 19.0 Å². The Bertz CT molecular complexity index is 753. The number of hydrogen-bond acceptors (Lipinski definition) is 5. The van der Waals surface area contributed by atoms with E-state index in [1.807, 2.05) is 19.9 Å². The topological polar surface area (TPSA) is 81.8 Å². The molecule has 0 radical (unpaired) electrons. The van der Waals surface area contributed by atoms with E-state index < -0.39 is 5.97 Å². The van der Waals surface area contributed by atoms with E-state index in [0.29, 0.717) is 30.5 Å². The zero-order chi connectivity index (χ0) is 16.6. The Morgan fingerprint density at radius 1 is 1.26 bits per heavy atom. The molecule has 0 saturated carbocycles. The lowest BCUT2D eigenvalue weighted by molar-refractivity contribution is 0.0686. The molecule has 1 N–H and O–H groups in total. The van der Waals surface area contributed by atoms with Crippen LogP contribution in [-0.4, -0.2) is 29.4 Å². The molecule has 0 amide bonds. The van der Waals surface area contributed by atoms with Gasteiger partial charge < -0.3 is 19.1 Å². The Kier molecular flexibility index (Phi) is 4.30. The first-order valence-electron chi connectivity index (χ1n) is 7.31. The summed E-state index contributed by atoms with van der Waals surface area (Å²) in [7, 11) is 0. The molecule has 0 bridgehead atoms. The highest BCUT2D eigenvalue weighted by molar-refractivity contribution is 9.10. The molecule has 1 aliphatic heterocycles. The molecule has 0 fully saturated rings. The maximum Gasteiger partial charge on any atom is 0.358 e. The van der Waals surface area contributed by atoms with E-state index in [9.17, 15) is 4.79 Å². The zero-order valence-electron chi connectivity index (χ0n) is 12.8. The van der Waals surface area contributed by atoms with Crippen molar-refractivity contribution >= 4 is 21.9 Å². The van der Waals surface area contributed by atoms with Crippen LogP contribution in [-0.2, 0) is 0 Å². The van der Waals surface area contributed by atoms with Gasteiger partial charge in [-0.15, -0.1) is 0 Å². The average molecular weight is 382 g/mol. The number of carbonyl (C=O) groups is 1. The van der Waals surface area contributed by atoms with Gasteiger partial charge in [0, 0.05) is 23.6 Å². The normalized spacial score (nSPS) is 13.9. The molecular formula is C16H16BrNO5. The Hall–Kier alpha value is -2.02. The lowest BCUT2D eigenvalue weighted by Crippen LogP contribution is -2.02. The summed E-state index contributed by atoms with van der Waals surface area (Å²) in [5.74, 6) is 0.747. The zero-order valence-corrected chi connectivity index (χ0v) is 14.3. The molecule has 0 unspecified atom stereocenters. The number of aromatic nitrogens is 1. The number of nitrogens with zero attached hydrogens (tertiary/aromatic N) is 1. The van der Waals surface area contributed by atoms with Crippen molar-refractivity contribution in [2.45, 2.75) is 26.2 Å². The third-order valence-electron chi connectivity index (χ3n) is 3.58. The number of carboxylic acid groups (broad SMARTS) is 1. The second-order valence-electron chi connectivity index (χ2n) is 5.56. The average Bonchev–Trinajstić information content (AvgIpc) is 2.86. The van der Waals surface area contributed by atoms with Gasteiger partial charge in [-0.25, -0.2) is 4.79 Å². The first kappa shape index (κ1) is 15.9. The largest absolute Gasteiger partial charge is 0.489 e. The summed E-state index contributed by atoms with van der Waals surface area (Å²) in [6, 6.07) is 3.27.